The molecule has 1 fully saturated rings. The third-order valence-electron chi connectivity index (χ3n) is 4.81. The summed E-state index contributed by atoms with van der Waals surface area (Å²) in [5.41, 5.74) is -0.638. The fourth-order valence-electron chi connectivity index (χ4n) is 3.76. The predicted octanol–water partition coefficient (Wildman–Crippen LogP) is 2.01. The molecule has 0 amide bonds. The van der Waals surface area contributed by atoms with Gasteiger partial charge in [-0.05, 0) is 64.6 Å². The van der Waals surface area contributed by atoms with Crippen LogP contribution in [-0.2, 0) is 10.0 Å². The molecule has 0 radical (unpaired) electrons. The molecular weight excluding hydrogens is 394 g/mol. The normalized spacial score (nSPS) is 22.2. The summed E-state index contributed by atoms with van der Waals surface area (Å²) >= 11 is 1.82. The molecule has 160 valence electrons. The monoisotopic (exact) mass is 429 g/mol. The van der Waals surface area contributed by atoms with Crippen LogP contribution < -0.4 is 15.4 Å². The van der Waals surface area contributed by atoms with Crippen molar-refractivity contribution in [1.29, 1.82) is 0 Å². The standard InChI is InChI=1S/C19H35N5O2S2/c1-6-20-18(22-14-19(2,3)23-28(5,25)26)21-13-15-9-7-11-24(4)17(15)16-10-8-12-27-16/h8,10,12,15,17,23H,6-7,9,11,13-14H2,1-5H3,(H2,20,21,22). The van der Waals surface area contributed by atoms with Gasteiger partial charge in [0.1, 0.15) is 0 Å². The molecule has 0 bridgehead atoms. The van der Waals surface area contributed by atoms with Gasteiger partial charge in [-0.2, -0.15) is 0 Å². The van der Waals surface area contributed by atoms with E-state index in [4.69, 9.17) is 0 Å². The van der Waals surface area contributed by atoms with E-state index in [1.54, 1.807) is 0 Å². The molecule has 7 nitrogen and oxygen atoms in total. The summed E-state index contributed by atoms with van der Waals surface area (Å²) in [6.45, 7) is 8.77. The van der Waals surface area contributed by atoms with Crippen molar-refractivity contribution in [3.05, 3.63) is 22.4 Å². The number of likely N-dealkylation sites (tertiary alicyclic amines) is 1. The first-order chi connectivity index (χ1) is 13.1. The number of thiophene rings is 1. The molecule has 2 rings (SSSR count). The van der Waals surface area contributed by atoms with Gasteiger partial charge in [-0.1, -0.05) is 6.07 Å². The van der Waals surface area contributed by atoms with Gasteiger partial charge >= 0.3 is 0 Å². The number of nitrogens with one attached hydrogen (secondary N) is 3. The van der Waals surface area contributed by atoms with Crippen LogP contribution in [0.1, 0.15) is 44.5 Å². The van der Waals surface area contributed by atoms with E-state index in [1.807, 2.05) is 32.1 Å². The highest BCUT2D eigenvalue weighted by atomic mass is 32.2. The highest BCUT2D eigenvalue weighted by Crippen LogP contribution is 2.36. The Labute approximate surface area is 174 Å². The maximum absolute atomic E-state index is 11.5. The molecule has 1 saturated heterocycles. The van der Waals surface area contributed by atoms with Crippen LogP contribution in [0.3, 0.4) is 0 Å². The van der Waals surface area contributed by atoms with Crippen molar-refractivity contribution in [2.45, 2.75) is 45.2 Å². The molecule has 2 unspecified atom stereocenters. The van der Waals surface area contributed by atoms with Gasteiger partial charge in [-0.3, -0.25) is 9.89 Å². The number of hydrogen-bond donors (Lipinski definition) is 3. The zero-order valence-corrected chi connectivity index (χ0v) is 19.3. The minimum Gasteiger partial charge on any atom is -0.357 e. The predicted molar refractivity (Wildman–Crippen MR) is 118 cm³/mol. The van der Waals surface area contributed by atoms with Crippen molar-refractivity contribution in [3.63, 3.8) is 0 Å². The van der Waals surface area contributed by atoms with E-state index in [0.717, 1.165) is 25.6 Å². The fourth-order valence-corrected chi connectivity index (χ4v) is 5.81. The van der Waals surface area contributed by atoms with Crippen molar-refractivity contribution in [2.24, 2.45) is 10.9 Å². The lowest BCUT2D eigenvalue weighted by Crippen LogP contribution is -2.48. The highest BCUT2D eigenvalue weighted by molar-refractivity contribution is 7.88. The number of guanidine groups is 1. The van der Waals surface area contributed by atoms with Gasteiger partial charge in [0.25, 0.3) is 0 Å². The summed E-state index contributed by atoms with van der Waals surface area (Å²) in [5.74, 6) is 1.23. The van der Waals surface area contributed by atoms with Crippen LogP contribution in [0.25, 0.3) is 0 Å². The SMILES string of the molecule is CCNC(=NCC(C)(C)NS(C)(=O)=O)NCC1CCCN(C)C1c1cccs1. The van der Waals surface area contributed by atoms with E-state index in [-0.39, 0.29) is 0 Å². The first kappa shape index (κ1) is 23.1. The second-order valence-electron chi connectivity index (χ2n) is 8.18. The molecule has 0 aromatic carbocycles. The van der Waals surface area contributed by atoms with E-state index >= 15 is 0 Å². The molecule has 2 heterocycles. The van der Waals surface area contributed by atoms with Crippen molar-refractivity contribution in [1.82, 2.24) is 20.3 Å². The quantitative estimate of drug-likeness (QED) is 0.435. The van der Waals surface area contributed by atoms with Crippen molar-refractivity contribution >= 4 is 27.3 Å². The number of sulfonamides is 1. The van der Waals surface area contributed by atoms with Crippen LogP contribution in [0.4, 0.5) is 0 Å². The Morgan fingerprint density at radius 1 is 1.39 bits per heavy atom. The van der Waals surface area contributed by atoms with E-state index < -0.39 is 15.6 Å². The van der Waals surface area contributed by atoms with E-state index in [1.165, 1.54) is 24.0 Å². The molecule has 3 N–H and O–H groups in total. The fraction of sp³-hybridized carbons (Fsp3) is 0.737. The largest absolute Gasteiger partial charge is 0.357 e. The smallest absolute Gasteiger partial charge is 0.209 e. The van der Waals surface area contributed by atoms with Gasteiger partial charge in [0.2, 0.25) is 10.0 Å². The van der Waals surface area contributed by atoms with Crippen LogP contribution in [0.15, 0.2) is 22.5 Å². The molecular formula is C19H35N5O2S2. The number of hydrogen-bond acceptors (Lipinski definition) is 5. The van der Waals surface area contributed by atoms with E-state index in [0.29, 0.717) is 18.5 Å². The van der Waals surface area contributed by atoms with E-state index in [9.17, 15) is 8.42 Å². The van der Waals surface area contributed by atoms with Gasteiger partial charge < -0.3 is 10.6 Å². The summed E-state index contributed by atoms with van der Waals surface area (Å²) in [6, 6.07) is 4.77. The highest BCUT2D eigenvalue weighted by Gasteiger charge is 2.31. The molecule has 1 aliphatic rings. The van der Waals surface area contributed by atoms with E-state index in [2.05, 4.69) is 49.8 Å². The molecule has 0 aliphatic carbocycles. The van der Waals surface area contributed by atoms with Gasteiger partial charge in [0.15, 0.2) is 5.96 Å². The second-order valence-corrected chi connectivity index (χ2v) is 10.9. The Morgan fingerprint density at radius 2 is 2.14 bits per heavy atom. The van der Waals surface area contributed by atoms with Crippen LogP contribution >= 0.6 is 11.3 Å². The molecule has 2 atom stereocenters. The second kappa shape index (κ2) is 10.0. The maximum Gasteiger partial charge on any atom is 0.209 e. The zero-order chi connectivity index (χ0) is 20.8. The minimum absolute atomic E-state index is 0.355. The Hall–Kier alpha value is -1.16. The molecule has 1 aliphatic heterocycles. The van der Waals surface area contributed by atoms with Gasteiger partial charge in [0.05, 0.1) is 12.8 Å². The zero-order valence-electron chi connectivity index (χ0n) is 17.7. The average Bonchev–Trinajstić information content (AvgIpc) is 3.09. The van der Waals surface area contributed by atoms with Gasteiger partial charge in [-0.15, -0.1) is 11.3 Å². The summed E-state index contributed by atoms with van der Waals surface area (Å²) in [5, 5.41) is 8.89. The first-order valence-electron chi connectivity index (χ1n) is 9.86. The third-order valence-corrected chi connectivity index (χ3v) is 6.68. The van der Waals surface area contributed by atoms with Crippen LogP contribution in [0.5, 0.6) is 0 Å². The summed E-state index contributed by atoms with van der Waals surface area (Å²) in [4.78, 5) is 8.48. The molecule has 1 aromatic rings. The number of aliphatic imine (C=N–C) groups is 1. The Balaban J connectivity index is 2.03. The van der Waals surface area contributed by atoms with Crippen LogP contribution in [0.2, 0.25) is 0 Å². The Bertz CT molecular complexity index is 732. The molecule has 28 heavy (non-hydrogen) atoms. The lowest BCUT2D eigenvalue weighted by Gasteiger charge is -2.39. The minimum atomic E-state index is -3.27. The van der Waals surface area contributed by atoms with Gasteiger partial charge in [-0.25, -0.2) is 13.1 Å². The van der Waals surface area contributed by atoms with Gasteiger partial charge in [0, 0.05) is 29.5 Å². The summed E-state index contributed by atoms with van der Waals surface area (Å²) in [6.07, 6.45) is 3.55. The maximum atomic E-state index is 11.5. The van der Waals surface area contributed by atoms with Crippen molar-refractivity contribution in [3.8, 4) is 0 Å². The van der Waals surface area contributed by atoms with Crippen molar-refractivity contribution < 1.29 is 8.42 Å². The van der Waals surface area contributed by atoms with Crippen LogP contribution in [0, 0.1) is 5.92 Å². The van der Waals surface area contributed by atoms with Crippen LogP contribution in [-0.4, -0.2) is 64.3 Å². The molecule has 9 heteroatoms. The number of piperidine rings is 1. The number of nitrogens with zero attached hydrogens (tertiary/aromatic N) is 2. The molecule has 0 spiro atoms. The lowest BCUT2D eigenvalue weighted by molar-refractivity contribution is 0.125. The average molecular weight is 430 g/mol. The molecule has 0 saturated carbocycles. The Morgan fingerprint density at radius 3 is 2.75 bits per heavy atom. The Kier molecular flexibility index (Phi) is 8.30. The summed E-state index contributed by atoms with van der Waals surface area (Å²) in [7, 11) is -1.07. The van der Waals surface area contributed by atoms with Crippen molar-refractivity contribution in [2.75, 3.05) is 39.5 Å². The molecule has 1 aromatic heterocycles. The first-order valence-corrected chi connectivity index (χ1v) is 12.6. The third kappa shape index (κ3) is 7.35. The lowest BCUT2D eigenvalue weighted by atomic mass is 9.88. The topological polar surface area (TPSA) is 85.8 Å². The summed E-state index contributed by atoms with van der Waals surface area (Å²) < 4.78 is 25.7. The number of rotatable bonds is 8.